The highest BCUT2D eigenvalue weighted by molar-refractivity contribution is 4.96. The number of nitrogens with one attached hydrogen (secondary N) is 1. The fourth-order valence-electron chi connectivity index (χ4n) is 4.20. The molecule has 0 amide bonds. The summed E-state index contributed by atoms with van der Waals surface area (Å²) in [5.74, 6) is 1.99. The van der Waals surface area contributed by atoms with Crippen LogP contribution >= 0.6 is 0 Å². The molecule has 1 saturated carbocycles. The number of hydrogen-bond donors (Lipinski definition) is 1. The Kier molecular flexibility index (Phi) is 3.42. The van der Waals surface area contributed by atoms with Crippen molar-refractivity contribution in [1.82, 2.24) is 15.1 Å². The number of piperazine rings is 1. The Morgan fingerprint density at radius 2 is 2.12 bits per heavy atom. The minimum Gasteiger partial charge on any atom is -0.312 e. The highest BCUT2D eigenvalue weighted by Crippen LogP contribution is 2.38. The molecule has 1 aliphatic carbocycles. The molecule has 0 aromatic heterocycles. The summed E-state index contributed by atoms with van der Waals surface area (Å²) >= 11 is 0. The zero-order valence-corrected chi connectivity index (χ0v) is 11.4. The van der Waals surface area contributed by atoms with Crippen LogP contribution in [0, 0.1) is 11.8 Å². The van der Waals surface area contributed by atoms with Crippen LogP contribution in [0.4, 0.5) is 0 Å². The van der Waals surface area contributed by atoms with Gasteiger partial charge in [-0.2, -0.15) is 0 Å². The lowest BCUT2D eigenvalue weighted by Gasteiger charge is -2.40. The van der Waals surface area contributed by atoms with Crippen molar-refractivity contribution in [2.75, 3.05) is 39.8 Å². The molecule has 4 atom stereocenters. The average Bonchev–Trinajstić information content (AvgIpc) is 2.86. The molecule has 0 bridgehead atoms. The molecule has 0 spiro atoms. The van der Waals surface area contributed by atoms with Crippen LogP contribution in [0.2, 0.25) is 0 Å². The Bertz CT molecular complexity index is 268. The third-order valence-corrected chi connectivity index (χ3v) is 5.28. The van der Waals surface area contributed by atoms with E-state index < -0.39 is 0 Å². The van der Waals surface area contributed by atoms with Gasteiger partial charge >= 0.3 is 0 Å². The fourth-order valence-corrected chi connectivity index (χ4v) is 4.20. The van der Waals surface area contributed by atoms with Crippen LogP contribution < -0.4 is 5.32 Å². The van der Waals surface area contributed by atoms with E-state index in [4.69, 9.17) is 0 Å². The summed E-state index contributed by atoms with van der Waals surface area (Å²) in [7, 11) is 2.24. The molecule has 3 fully saturated rings. The second-order valence-corrected chi connectivity index (χ2v) is 6.48. The third-order valence-electron chi connectivity index (χ3n) is 5.28. The van der Waals surface area contributed by atoms with E-state index >= 15 is 0 Å². The third kappa shape index (κ3) is 2.38. The molecule has 3 rings (SSSR count). The first kappa shape index (κ1) is 11.9. The summed E-state index contributed by atoms with van der Waals surface area (Å²) in [5.41, 5.74) is 0. The van der Waals surface area contributed by atoms with Crippen LogP contribution in [-0.2, 0) is 0 Å². The molecular formula is C14H27N3. The summed E-state index contributed by atoms with van der Waals surface area (Å²) < 4.78 is 0. The Hall–Kier alpha value is -0.120. The van der Waals surface area contributed by atoms with Crippen LogP contribution in [0.25, 0.3) is 0 Å². The SMILES string of the molecule is CC1CN(C)CCN1CC1NCC2CCCC21. The Balaban J connectivity index is 1.56. The molecule has 3 heteroatoms. The maximum absolute atomic E-state index is 3.78. The van der Waals surface area contributed by atoms with Gasteiger partial charge in [0.05, 0.1) is 0 Å². The number of rotatable bonds is 2. The molecule has 4 unspecified atom stereocenters. The van der Waals surface area contributed by atoms with Crippen molar-refractivity contribution in [2.45, 2.75) is 38.3 Å². The lowest BCUT2D eigenvalue weighted by atomic mass is 9.93. The first-order valence-electron chi connectivity index (χ1n) is 7.40. The average molecular weight is 237 g/mol. The van der Waals surface area contributed by atoms with Gasteiger partial charge in [-0.15, -0.1) is 0 Å². The van der Waals surface area contributed by atoms with E-state index in [9.17, 15) is 0 Å². The molecule has 17 heavy (non-hydrogen) atoms. The summed E-state index contributed by atoms with van der Waals surface area (Å²) in [6.45, 7) is 8.70. The minimum absolute atomic E-state index is 0.732. The summed E-state index contributed by atoms with van der Waals surface area (Å²) in [6, 6.07) is 1.52. The van der Waals surface area contributed by atoms with Crippen LogP contribution in [-0.4, -0.2) is 61.7 Å². The Labute approximate surface area is 106 Å². The van der Waals surface area contributed by atoms with Crippen molar-refractivity contribution in [1.29, 1.82) is 0 Å². The van der Waals surface area contributed by atoms with E-state index in [0.29, 0.717) is 0 Å². The molecule has 0 aromatic carbocycles. The zero-order chi connectivity index (χ0) is 11.8. The molecule has 3 aliphatic rings. The van der Waals surface area contributed by atoms with Crippen LogP contribution in [0.5, 0.6) is 0 Å². The normalized spacial score (nSPS) is 44.1. The standard InChI is InChI=1S/C14H27N3/c1-11-9-16(2)6-7-17(11)10-14-13-5-3-4-12(13)8-15-14/h11-15H,3-10H2,1-2H3. The number of fused-ring (bicyclic) bond motifs is 1. The van der Waals surface area contributed by atoms with E-state index in [0.717, 1.165) is 23.9 Å². The van der Waals surface area contributed by atoms with Gasteiger partial charge < -0.3 is 10.2 Å². The quantitative estimate of drug-likeness (QED) is 0.773. The van der Waals surface area contributed by atoms with E-state index in [-0.39, 0.29) is 0 Å². The molecule has 3 nitrogen and oxygen atoms in total. The highest BCUT2D eigenvalue weighted by Gasteiger charge is 2.40. The van der Waals surface area contributed by atoms with Gasteiger partial charge in [-0.05, 0) is 45.2 Å². The summed E-state index contributed by atoms with van der Waals surface area (Å²) in [6.07, 6.45) is 4.43. The maximum Gasteiger partial charge on any atom is 0.0226 e. The van der Waals surface area contributed by atoms with Crippen molar-refractivity contribution >= 4 is 0 Å². The second-order valence-electron chi connectivity index (χ2n) is 6.48. The molecule has 1 N–H and O–H groups in total. The van der Waals surface area contributed by atoms with E-state index in [1.54, 1.807) is 0 Å². The van der Waals surface area contributed by atoms with Gasteiger partial charge in [0.15, 0.2) is 0 Å². The first-order chi connectivity index (χ1) is 8.24. The fraction of sp³-hybridized carbons (Fsp3) is 1.00. The monoisotopic (exact) mass is 237 g/mol. The van der Waals surface area contributed by atoms with Gasteiger partial charge in [0.1, 0.15) is 0 Å². The van der Waals surface area contributed by atoms with Crippen LogP contribution in [0.3, 0.4) is 0 Å². The summed E-state index contributed by atoms with van der Waals surface area (Å²) in [4.78, 5) is 5.17. The minimum atomic E-state index is 0.732. The molecule has 0 radical (unpaired) electrons. The smallest absolute Gasteiger partial charge is 0.0226 e. The van der Waals surface area contributed by atoms with Gasteiger partial charge in [0.2, 0.25) is 0 Å². The van der Waals surface area contributed by atoms with Crippen molar-refractivity contribution in [3.05, 3.63) is 0 Å². The van der Waals surface area contributed by atoms with Crippen LogP contribution in [0.15, 0.2) is 0 Å². The molecule has 2 aliphatic heterocycles. The predicted molar refractivity (Wildman–Crippen MR) is 71.2 cm³/mol. The molecular weight excluding hydrogens is 210 g/mol. The van der Waals surface area contributed by atoms with Crippen molar-refractivity contribution < 1.29 is 0 Å². The second kappa shape index (κ2) is 4.87. The van der Waals surface area contributed by atoms with Crippen molar-refractivity contribution in [2.24, 2.45) is 11.8 Å². The van der Waals surface area contributed by atoms with Gasteiger partial charge in [0.25, 0.3) is 0 Å². The van der Waals surface area contributed by atoms with Crippen molar-refractivity contribution in [3.8, 4) is 0 Å². The maximum atomic E-state index is 3.78. The lowest BCUT2D eigenvalue weighted by Crippen LogP contribution is -2.54. The largest absolute Gasteiger partial charge is 0.312 e. The van der Waals surface area contributed by atoms with Gasteiger partial charge in [0, 0.05) is 38.3 Å². The van der Waals surface area contributed by atoms with E-state index in [1.807, 2.05) is 0 Å². The van der Waals surface area contributed by atoms with Crippen molar-refractivity contribution in [3.63, 3.8) is 0 Å². The zero-order valence-electron chi connectivity index (χ0n) is 11.4. The molecule has 0 aromatic rings. The topological polar surface area (TPSA) is 18.5 Å². The first-order valence-corrected chi connectivity index (χ1v) is 7.40. The number of likely N-dealkylation sites (N-methyl/N-ethyl adjacent to an activating group) is 1. The number of nitrogens with zero attached hydrogens (tertiary/aromatic N) is 2. The van der Waals surface area contributed by atoms with E-state index in [2.05, 4.69) is 29.1 Å². The molecule has 2 saturated heterocycles. The molecule has 98 valence electrons. The highest BCUT2D eigenvalue weighted by atomic mass is 15.3. The lowest BCUT2D eigenvalue weighted by molar-refractivity contribution is 0.0868. The van der Waals surface area contributed by atoms with Gasteiger partial charge in [-0.1, -0.05) is 6.42 Å². The van der Waals surface area contributed by atoms with Crippen LogP contribution in [0.1, 0.15) is 26.2 Å². The van der Waals surface area contributed by atoms with Gasteiger partial charge in [-0.3, -0.25) is 4.90 Å². The predicted octanol–water partition coefficient (Wildman–Crippen LogP) is 1.01. The Morgan fingerprint density at radius 1 is 1.24 bits per heavy atom. The van der Waals surface area contributed by atoms with E-state index in [1.165, 1.54) is 52.0 Å². The summed E-state index contributed by atoms with van der Waals surface area (Å²) in [5, 5.41) is 3.78. The molecule has 2 heterocycles. The van der Waals surface area contributed by atoms with Gasteiger partial charge in [-0.25, -0.2) is 0 Å². The number of hydrogen-bond acceptors (Lipinski definition) is 3. The Morgan fingerprint density at radius 3 is 2.94 bits per heavy atom.